The largest absolute Gasteiger partial charge is 0.497 e. The van der Waals surface area contributed by atoms with Gasteiger partial charge in [0, 0.05) is 22.1 Å². The number of rotatable bonds is 7. The van der Waals surface area contributed by atoms with Crippen molar-refractivity contribution in [1.82, 2.24) is 4.98 Å². The predicted octanol–water partition coefficient (Wildman–Crippen LogP) is 5.17. The number of anilines is 1. The van der Waals surface area contributed by atoms with Crippen molar-refractivity contribution in [3.8, 4) is 22.8 Å². The number of thiazole rings is 1. The standard InChI is InChI=1S/C21H21FN2O3S/c1-4-5-18-19(14-10-16(26-2)12-17(11-14)27-3)23-21(28-18)24-20(25)13-6-8-15(22)9-7-13/h6-12H,4-5H2,1-3H3,(H,23,24,25). The maximum absolute atomic E-state index is 13.1. The number of benzene rings is 2. The van der Waals surface area contributed by atoms with Crippen LogP contribution in [0.2, 0.25) is 0 Å². The predicted molar refractivity (Wildman–Crippen MR) is 109 cm³/mol. The third kappa shape index (κ3) is 4.48. The Morgan fingerprint density at radius 2 is 1.75 bits per heavy atom. The van der Waals surface area contributed by atoms with E-state index in [0.717, 1.165) is 29.0 Å². The van der Waals surface area contributed by atoms with Crippen LogP contribution in [0.3, 0.4) is 0 Å². The van der Waals surface area contributed by atoms with Gasteiger partial charge in [-0.2, -0.15) is 0 Å². The van der Waals surface area contributed by atoms with Crippen LogP contribution in [-0.2, 0) is 6.42 Å². The number of nitrogens with zero attached hydrogens (tertiary/aromatic N) is 1. The number of hydrogen-bond donors (Lipinski definition) is 1. The van der Waals surface area contributed by atoms with Crippen molar-refractivity contribution in [2.24, 2.45) is 0 Å². The number of amides is 1. The zero-order valence-electron chi connectivity index (χ0n) is 15.9. The summed E-state index contributed by atoms with van der Waals surface area (Å²) in [5.74, 6) is 0.625. The molecule has 146 valence electrons. The van der Waals surface area contributed by atoms with E-state index in [9.17, 15) is 9.18 Å². The molecule has 3 rings (SSSR count). The van der Waals surface area contributed by atoms with Gasteiger partial charge in [-0.15, -0.1) is 11.3 Å². The summed E-state index contributed by atoms with van der Waals surface area (Å²) in [7, 11) is 3.20. The lowest BCUT2D eigenvalue weighted by Crippen LogP contribution is -2.11. The van der Waals surface area contributed by atoms with Crippen molar-refractivity contribution in [3.63, 3.8) is 0 Å². The van der Waals surface area contributed by atoms with E-state index in [0.29, 0.717) is 22.2 Å². The van der Waals surface area contributed by atoms with E-state index < -0.39 is 0 Å². The quantitative estimate of drug-likeness (QED) is 0.594. The van der Waals surface area contributed by atoms with Gasteiger partial charge in [-0.1, -0.05) is 13.3 Å². The molecule has 0 atom stereocenters. The second kappa shape index (κ2) is 8.84. The Labute approximate surface area is 167 Å². The highest BCUT2D eigenvalue weighted by molar-refractivity contribution is 7.16. The van der Waals surface area contributed by atoms with Crippen molar-refractivity contribution in [1.29, 1.82) is 0 Å². The lowest BCUT2D eigenvalue weighted by molar-refractivity contribution is 0.102. The summed E-state index contributed by atoms with van der Waals surface area (Å²) in [6.45, 7) is 2.09. The molecule has 0 aliphatic rings. The molecule has 0 unspecified atom stereocenters. The zero-order chi connectivity index (χ0) is 20.1. The Morgan fingerprint density at radius 3 is 2.32 bits per heavy atom. The highest BCUT2D eigenvalue weighted by atomic mass is 32.1. The first-order valence-electron chi connectivity index (χ1n) is 8.84. The molecule has 0 spiro atoms. The van der Waals surface area contributed by atoms with Gasteiger partial charge in [0.1, 0.15) is 17.3 Å². The number of methoxy groups -OCH3 is 2. The number of aromatic nitrogens is 1. The minimum Gasteiger partial charge on any atom is -0.497 e. The minimum atomic E-state index is -0.384. The van der Waals surface area contributed by atoms with Crippen LogP contribution in [0.5, 0.6) is 11.5 Å². The topological polar surface area (TPSA) is 60.5 Å². The summed E-state index contributed by atoms with van der Waals surface area (Å²) < 4.78 is 23.8. The maximum Gasteiger partial charge on any atom is 0.257 e. The highest BCUT2D eigenvalue weighted by Gasteiger charge is 2.17. The summed E-state index contributed by atoms with van der Waals surface area (Å²) in [6.07, 6.45) is 1.78. The normalized spacial score (nSPS) is 10.6. The lowest BCUT2D eigenvalue weighted by atomic mass is 10.1. The fraction of sp³-hybridized carbons (Fsp3) is 0.238. The second-order valence-corrected chi connectivity index (χ2v) is 7.19. The fourth-order valence-corrected chi connectivity index (χ4v) is 3.82. The molecule has 1 amide bonds. The number of nitrogens with one attached hydrogen (secondary N) is 1. The lowest BCUT2D eigenvalue weighted by Gasteiger charge is -2.08. The number of aryl methyl sites for hydroxylation is 1. The number of halogens is 1. The average molecular weight is 400 g/mol. The number of carbonyl (C=O) groups is 1. The highest BCUT2D eigenvalue weighted by Crippen LogP contribution is 2.36. The first-order chi connectivity index (χ1) is 13.5. The molecular formula is C21H21FN2O3S. The SMILES string of the molecule is CCCc1sc(NC(=O)c2ccc(F)cc2)nc1-c1cc(OC)cc(OC)c1. The van der Waals surface area contributed by atoms with Gasteiger partial charge in [0.2, 0.25) is 0 Å². The summed E-state index contributed by atoms with van der Waals surface area (Å²) in [5, 5.41) is 3.30. The molecule has 0 aliphatic heterocycles. The molecular weight excluding hydrogens is 379 g/mol. The molecule has 3 aromatic rings. The van der Waals surface area contributed by atoms with Crippen molar-refractivity contribution in [2.75, 3.05) is 19.5 Å². The Hall–Kier alpha value is -2.93. The number of carbonyl (C=O) groups excluding carboxylic acids is 1. The van der Waals surface area contributed by atoms with Crippen molar-refractivity contribution in [2.45, 2.75) is 19.8 Å². The van der Waals surface area contributed by atoms with Crippen LogP contribution in [-0.4, -0.2) is 25.1 Å². The molecule has 1 aromatic heterocycles. The van der Waals surface area contributed by atoms with E-state index in [2.05, 4.69) is 17.2 Å². The van der Waals surface area contributed by atoms with Gasteiger partial charge in [-0.3, -0.25) is 10.1 Å². The Kier molecular flexibility index (Phi) is 6.26. The summed E-state index contributed by atoms with van der Waals surface area (Å²) in [4.78, 5) is 18.1. The van der Waals surface area contributed by atoms with Crippen molar-refractivity contribution in [3.05, 3.63) is 58.7 Å². The smallest absolute Gasteiger partial charge is 0.257 e. The van der Waals surface area contributed by atoms with Crippen LogP contribution in [0.25, 0.3) is 11.3 Å². The van der Waals surface area contributed by atoms with Gasteiger partial charge < -0.3 is 9.47 Å². The van der Waals surface area contributed by atoms with E-state index in [1.807, 2.05) is 12.1 Å². The van der Waals surface area contributed by atoms with E-state index in [1.54, 1.807) is 20.3 Å². The van der Waals surface area contributed by atoms with Crippen LogP contribution in [0, 0.1) is 5.82 Å². The molecule has 0 radical (unpaired) electrons. The summed E-state index contributed by atoms with van der Waals surface area (Å²) in [5.41, 5.74) is 2.02. The molecule has 1 N–H and O–H groups in total. The average Bonchev–Trinajstić information content (AvgIpc) is 3.10. The Bertz CT molecular complexity index is 948. The van der Waals surface area contributed by atoms with E-state index in [4.69, 9.17) is 9.47 Å². The van der Waals surface area contributed by atoms with Crippen LogP contribution in [0.15, 0.2) is 42.5 Å². The molecule has 28 heavy (non-hydrogen) atoms. The van der Waals surface area contributed by atoms with Crippen molar-refractivity contribution < 1.29 is 18.7 Å². The van der Waals surface area contributed by atoms with E-state index in [-0.39, 0.29) is 11.7 Å². The molecule has 0 aliphatic carbocycles. The van der Waals surface area contributed by atoms with E-state index >= 15 is 0 Å². The van der Waals surface area contributed by atoms with Crippen LogP contribution in [0.1, 0.15) is 28.6 Å². The van der Waals surface area contributed by atoms with Gasteiger partial charge in [-0.25, -0.2) is 9.37 Å². The number of ether oxygens (including phenoxy) is 2. The molecule has 5 nitrogen and oxygen atoms in total. The molecule has 0 saturated carbocycles. The van der Waals surface area contributed by atoms with Crippen LogP contribution >= 0.6 is 11.3 Å². The third-order valence-corrected chi connectivity index (χ3v) is 5.16. The van der Waals surface area contributed by atoms with Gasteiger partial charge in [-0.05, 0) is 42.8 Å². The van der Waals surface area contributed by atoms with Gasteiger partial charge in [0.05, 0.1) is 19.9 Å². The molecule has 1 heterocycles. The first kappa shape index (κ1) is 19.8. The summed E-state index contributed by atoms with van der Waals surface area (Å²) >= 11 is 1.43. The first-order valence-corrected chi connectivity index (χ1v) is 9.65. The summed E-state index contributed by atoms with van der Waals surface area (Å²) in [6, 6.07) is 11.0. The Balaban J connectivity index is 1.93. The molecule has 0 saturated heterocycles. The Morgan fingerprint density at radius 1 is 1.11 bits per heavy atom. The molecule has 2 aromatic carbocycles. The van der Waals surface area contributed by atoms with Gasteiger partial charge in [0.25, 0.3) is 5.91 Å². The molecule has 0 fully saturated rings. The van der Waals surface area contributed by atoms with Gasteiger partial charge >= 0.3 is 0 Å². The third-order valence-electron chi connectivity index (χ3n) is 4.13. The van der Waals surface area contributed by atoms with Crippen molar-refractivity contribution >= 4 is 22.4 Å². The zero-order valence-corrected chi connectivity index (χ0v) is 16.7. The van der Waals surface area contributed by atoms with Crippen LogP contribution in [0.4, 0.5) is 9.52 Å². The minimum absolute atomic E-state index is 0.327. The molecule has 7 heteroatoms. The second-order valence-electron chi connectivity index (χ2n) is 6.10. The maximum atomic E-state index is 13.1. The fourth-order valence-electron chi connectivity index (χ4n) is 2.74. The van der Waals surface area contributed by atoms with E-state index in [1.165, 1.54) is 35.6 Å². The van der Waals surface area contributed by atoms with Gasteiger partial charge in [0.15, 0.2) is 5.13 Å². The number of hydrogen-bond acceptors (Lipinski definition) is 5. The van der Waals surface area contributed by atoms with Crippen LogP contribution < -0.4 is 14.8 Å². The molecule has 0 bridgehead atoms. The monoisotopic (exact) mass is 400 g/mol.